The van der Waals surface area contributed by atoms with Crippen LogP contribution in [-0.4, -0.2) is 37.8 Å². The van der Waals surface area contributed by atoms with Gasteiger partial charge in [-0.05, 0) is 31.2 Å². The zero-order valence-electron chi connectivity index (χ0n) is 14.7. The van der Waals surface area contributed by atoms with Crippen LogP contribution in [0.1, 0.15) is 11.6 Å². The van der Waals surface area contributed by atoms with Gasteiger partial charge in [-0.1, -0.05) is 11.2 Å². The zero-order valence-corrected chi connectivity index (χ0v) is 14.7. The van der Waals surface area contributed by atoms with E-state index in [1.807, 2.05) is 12.1 Å². The summed E-state index contributed by atoms with van der Waals surface area (Å²) >= 11 is 0. The second kappa shape index (κ2) is 6.87. The van der Waals surface area contributed by atoms with Crippen molar-refractivity contribution in [3.8, 4) is 17.2 Å². The first kappa shape index (κ1) is 16.7. The van der Waals surface area contributed by atoms with Gasteiger partial charge in [-0.25, -0.2) is 0 Å². The average Bonchev–Trinajstić information content (AvgIpc) is 3.28. The number of nitrogens with zero attached hydrogens (tertiary/aromatic N) is 5. The number of aryl methyl sites for hydroxylation is 1. The molecule has 0 spiro atoms. The van der Waals surface area contributed by atoms with Crippen LogP contribution in [0.25, 0.3) is 17.1 Å². The summed E-state index contributed by atoms with van der Waals surface area (Å²) in [5, 5.41) is 14.8. The number of rotatable bonds is 5. The lowest BCUT2D eigenvalue weighted by Gasteiger charge is -2.06. The number of aromatic nitrogens is 5. The molecule has 1 aromatic carbocycles. The number of pyridine rings is 1. The lowest BCUT2D eigenvalue weighted by atomic mass is 10.2. The van der Waals surface area contributed by atoms with Crippen molar-refractivity contribution in [1.29, 1.82) is 0 Å². The molecule has 4 rings (SSSR count). The van der Waals surface area contributed by atoms with Crippen molar-refractivity contribution in [2.75, 3.05) is 12.4 Å². The second-order valence-corrected chi connectivity index (χ2v) is 5.87. The number of amides is 1. The first-order valence-electron chi connectivity index (χ1n) is 8.20. The largest absolute Gasteiger partial charge is 0.497 e. The van der Waals surface area contributed by atoms with Crippen molar-refractivity contribution >= 4 is 17.2 Å². The first-order chi connectivity index (χ1) is 13.1. The summed E-state index contributed by atoms with van der Waals surface area (Å²) in [6.07, 6.45) is 1.83. The highest BCUT2D eigenvalue weighted by Crippen LogP contribution is 2.19. The zero-order chi connectivity index (χ0) is 18.8. The van der Waals surface area contributed by atoms with Gasteiger partial charge in [0.05, 0.1) is 19.1 Å². The van der Waals surface area contributed by atoms with Crippen molar-refractivity contribution in [2.45, 2.75) is 13.3 Å². The van der Waals surface area contributed by atoms with E-state index in [2.05, 4.69) is 25.7 Å². The molecular formula is C18H16N6O3. The van der Waals surface area contributed by atoms with Gasteiger partial charge in [-0.2, -0.15) is 4.98 Å². The number of benzene rings is 1. The predicted octanol–water partition coefficient (Wildman–Crippen LogP) is 2.28. The summed E-state index contributed by atoms with van der Waals surface area (Å²) < 4.78 is 12.1. The molecule has 0 saturated carbocycles. The van der Waals surface area contributed by atoms with E-state index < -0.39 is 0 Å². The van der Waals surface area contributed by atoms with E-state index >= 15 is 0 Å². The fraction of sp³-hybridized carbons (Fsp3) is 0.167. The summed E-state index contributed by atoms with van der Waals surface area (Å²) in [5.41, 5.74) is 1.99. The predicted molar refractivity (Wildman–Crippen MR) is 96.3 cm³/mol. The van der Waals surface area contributed by atoms with Crippen molar-refractivity contribution in [1.82, 2.24) is 24.7 Å². The van der Waals surface area contributed by atoms with Gasteiger partial charge >= 0.3 is 0 Å². The molecule has 9 heteroatoms. The van der Waals surface area contributed by atoms with Gasteiger partial charge in [0.2, 0.25) is 5.91 Å². The van der Waals surface area contributed by atoms with Gasteiger partial charge in [-0.15, -0.1) is 10.2 Å². The summed E-state index contributed by atoms with van der Waals surface area (Å²) in [5.74, 6) is 1.90. The molecule has 0 aliphatic rings. The Labute approximate surface area is 154 Å². The van der Waals surface area contributed by atoms with E-state index in [4.69, 9.17) is 9.26 Å². The van der Waals surface area contributed by atoms with Gasteiger partial charge in [0.15, 0.2) is 11.5 Å². The third-order valence-corrected chi connectivity index (χ3v) is 3.92. The van der Waals surface area contributed by atoms with Gasteiger partial charge in [0.25, 0.3) is 5.89 Å². The van der Waals surface area contributed by atoms with Crippen LogP contribution in [0.2, 0.25) is 0 Å². The van der Waals surface area contributed by atoms with Crippen LogP contribution in [0.4, 0.5) is 5.69 Å². The monoisotopic (exact) mass is 364 g/mol. The Morgan fingerprint density at radius 3 is 2.93 bits per heavy atom. The number of carbonyl (C=O) groups is 1. The molecule has 0 saturated heterocycles. The summed E-state index contributed by atoms with van der Waals surface area (Å²) in [7, 11) is 1.58. The van der Waals surface area contributed by atoms with E-state index in [0.29, 0.717) is 34.6 Å². The second-order valence-electron chi connectivity index (χ2n) is 5.87. The number of ether oxygens (including phenoxy) is 1. The maximum absolute atomic E-state index is 12.4. The number of fused-ring (bicyclic) bond motifs is 1. The van der Waals surface area contributed by atoms with E-state index in [1.165, 1.54) is 0 Å². The van der Waals surface area contributed by atoms with Crippen LogP contribution in [0.15, 0.2) is 47.1 Å². The molecule has 0 unspecified atom stereocenters. The number of anilines is 1. The van der Waals surface area contributed by atoms with E-state index in [0.717, 1.165) is 5.56 Å². The standard InChI is InChI=1S/C18H16N6O3/c1-11-19-18(27-23-11)12-6-7-15-21-22-16(24(15)10-12)9-17(25)20-13-4-3-5-14(8-13)26-2/h3-8,10H,9H2,1-2H3,(H,20,25). The third kappa shape index (κ3) is 3.47. The van der Waals surface area contributed by atoms with Crippen molar-refractivity contribution in [2.24, 2.45) is 0 Å². The summed E-state index contributed by atoms with van der Waals surface area (Å²) in [4.78, 5) is 16.6. The number of carbonyl (C=O) groups excluding carboxylic acids is 1. The molecule has 0 atom stereocenters. The molecule has 0 aliphatic heterocycles. The molecule has 0 bridgehead atoms. The molecule has 1 N–H and O–H groups in total. The Hall–Kier alpha value is -3.75. The molecule has 9 nitrogen and oxygen atoms in total. The Morgan fingerprint density at radius 1 is 1.26 bits per heavy atom. The fourth-order valence-corrected chi connectivity index (χ4v) is 2.65. The van der Waals surface area contributed by atoms with Gasteiger partial charge in [0, 0.05) is 18.0 Å². The highest BCUT2D eigenvalue weighted by Gasteiger charge is 2.14. The Morgan fingerprint density at radius 2 is 2.15 bits per heavy atom. The molecule has 3 aromatic heterocycles. The van der Waals surface area contributed by atoms with Crippen LogP contribution in [0.3, 0.4) is 0 Å². The van der Waals surface area contributed by atoms with Gasteiger partial charge in [-0.3, -0.25) is 9.20 Å². The maximum atomic E-state index is 12.4. The van der Waals surface area contributed by atoms with Gasteiger partial charge < -0.3 is 14.6 Å². The number of hydrogen-bond acceptors (Lipinski definition) is 7. The van der Waals surface area contributed by atoms with Crippen LogP contribution in [-0.2, 0) is 11.2 Å². The van der Waals surface area contributed by atoms with Gasteiger partial charge in [0.1, 0.15) is 11.6 Å². The number of hydrogen-bond donors (Lipinski definition) is 1. The highest BCUT2D eigenvalue weighted by atomic mass is 16.5. The maximum Gasteiger partial charge on any atom is 0.259 e. The number of methoxy groups -OCH3 is 1. The quantitative estimate of drug-likeness (QED) is 0.579. The van der Waals surface area contributed by atoms with E-state index in [-0.39, 0.29) is 12.3 Å². The molecule has 4 aromatic rings. The molecular weight excluding hydrogens is 348 g/mol. The van der Waals surface area contributed by atoms with Crippen molar-refractivity contribution in [3.63, 3.8) is 0 Å². The smallest absolute Gasteiger partial charge is 0.259 e. The molecule has 0 fully saturated rings. The Balaban J connectivity index is 1.57. The Bertz CT molecular complexity index is 1120. The molecule has 136 valence electrons. The third-order valence-electron chi connectivity index (χ3n) is 3.92. The summed E-state index contributed by atoms with van der Waals surface area (Å²) in [6.45, 7) is 1.75. The minimum atomic E-state index is -0.211. The minimum absolute atomic E-state index is 0.0602. The van der Waals surface area contributed by atoms with Crippen LogP contribution < -0.4 is 10.1 Å². The van der Waals surface area contributed by atoms with Crippen LogP contribution in [0.5, 0.6) is 5.75 Å². The number of nitrogens with one attached hydrogen (secondary N) is 1. The van der Waals surface area contributed by atoms with E-state index in [1.54, 1.807) is 48.9 Å². The Kier molecular flexibility index (Phi) is 4.25. The highest BCUT2D eigenvalue weighted by molar-refractivity contribution is 5.92. The van der Waals surface area contributed by atoms with Crippen molar-refractivity contribution < 1.29 is 14.1 Å². The average molecular weight is 364 g/mol. The lowest BCUT2D eigenvalue weighted by molar-refractivity contribution is -0.115. The van der Waals surface area contributed by atoms with Crippen LogP contribution >= 0.6 is 0 Å². The van der Waals surface area contributed by atoms with Crippen LogP contribution in [0, 0.1) is 6.92 Å². The molecule has 27 heavy (non-hydrogen) atoms. The SMILES string of the molecule is COc1cccc(NC(=O)Cc2nnc3ccc(-c4nc(C)no4)cn23)c1. The molecule has 1 amide bonds. The molecule has 0 aliphatic carbocycles. The van der Waals surface area contributed by atoms with Crippen molar-refractivity contribution in [3.05, 3.63) is 54.2 Å². The minimum Gasteiger partial charge on any atom is -0.497 e. The van der Waals surface area contributed by atoms with E-state index in [9.17, 15) is 4.79 Å². The first-order valence-corrected chi connectivity index (χ1v) is 8.20. The normalized spacial score (nSPS) is 10.9. The summed E-state index contributed by atoms with van der Waals surface area (Å²) in [6, 6.07) is 10.7. The topological polar surface area (TPSA) is 107 Å². The lowest BCUT2D eigenvalue weighted by Crippen LogP contribution is -2.16. The molecule has 0 radical (unpaired) electrons. The molecule has 3 heterocycles. The fourth-order valence-electron chi connectivity index (χ4n) is 2.65.